The van der Waals surface area contributed by atoms with Crippen molar-refractivity contribution in [1.29, 1.82) is 0 Å². The minimum atomic E-state index is -0.363. The van der Waals surface area contributed by atoms with E-state index in [1.807, 2.05) is 53.4 Å². The minimum Gasteiger partial charge on any atom is -0.347 e. The van der Waals surface area contributed by atoms with Crippen molar-refractivity contribution in [2.75, 3.05) is 32.7 Å². The molecular weight excluding hydrogens is 352 g/mol. The second-order valence-corrected chi connectivity index (χ2v) is 7.14. The highest BCUT2D eigenvalue weighted by molar-refractivity contribution is 5.85. The van der Waals surface area contributed by atoms with Gasteiger partial charge >= 0.3 is 0 Å². The third-order valence-electron chi connectivity index (χ3n) is 5.04. The lowest BCUT2D eigenvalue weighted by molar-refractivity contribution is -0.134. The fourth-order valence-electron chi connectivity index (χ4n) is 3.37. The lowest BCUT2D eigenvalue weighted by Crippen LogP contribution is -2.50. The number of nitrogens with zero attached hydrogens (tertiary/aromatic N) is 2. The van der Waals surface area contributed by atoms with E-state index in [1.54, 1.807) is 0 Å². The molecule has 2 aromatic rings. The molecule has 28 heavy (non-hydrogen) atoms. The van der Waals surface area contributed by atoms with E-state index in [9.17, 15) is 9.59 Å². The maximum absolute atomic E-state index is 12.4. The molecule has 3 rings (SSSR count). The molecule has 0 saturated carbocycles. The van der Waals surface area contributed by atoms with Gasteiger partial charge in [0.25, 0.3) is 0 Å². The average molecular weight is 380 g/mol. The van der Waals surface area contributed by atoms with Crippen molar-refractivity contribution in [3.05, 3.63) is 71.8 Å². The molecule has 0 aliphatic carbocycles. The maximum atomic E-state index is 12.4. The molecule has 1 aliphatic heterocycles. The SMILES string of the molecule is NC(CC(=O)NCC(=O)N1CCN(Cc2ccccc2)CC1)c1ccccc1. The Bertz CT molecular complexity index is 759. The summed E-state index contributed by atoms with van der Waals surface area (Å²) in [5, 5.41) is 2.71. The fourth-order valence-corrected chi connectivity index (χ4v) is 3.37. The van der Waals surface area contributed by atoms with Gasteiger partial charge in [-0.1, -0.05) is 60.7 Å². The van der Waals surface area contributed by atoms with Crippen LogP contribution in [-0.4, -0.2) is 54.3 Å². The number of piperazine rings is 1. The lowest BCUT2D eigenvalue weighted by atomic mass is 10.0. The largest absolute Gasteiger partial charge is 0.347 e. The van der Waals surface area contributed by atoms with Gasteiger partial charge in [0.2, 0.25) is 11.8 Å². The van der Waals surface area contributed by atoms with Crippen molar-refractivity contribution in [3.8, 4) is 0 Å². The molecule has 1 unspecified atom stereocenters. The van der Waals surface area contributed by atoms with Crippen LogP contribution in [0, 0.1) is 0 Å². The number of nitrogens with two attached hydrogens (primary N) is 1. The van der Waals surface area contributed by atoms with Gasteiger partial charge in [0.05, 0.1) is 6.54 Å². The Labute approximate surface area is 166 Å². The van der Waals surface area contributed by atoms with Crippen molar-refractivity contribution >= 4 is 11.8 Å². The molecule has 1 heterocycles. The Morgan fingerprint density at radius 2 is 1.54 bits per heavy atom. The third-order valence-corrected chi connectivity index (χ3v) is 5.04. The van der Waals surface area contributed by atoms with Crippen LogP contribution in [0.1, 0.15) is 23.6 Å². The zero-order valence-corrected chi connectivity index (χ0v) is 16.1. The number of amides is 2. The highest BCUT2D eigenvalue weighted by Gasteiger charge is 2.21. The Balaban J connectivity index is 1.37. The quantitative estimate of drug-likeness (QED) is 0.764. The van der Waals surface area contributed by atoms with Gasteiger partial charge in [-0.05, 0) is 11.1 Å². The molecule has 0 radical (unpaired) electrons. The van der Waals surface area contributed by atoms with Crippen LogP contribution >= 0.6 is 0 Å². The summed E-state index contributed by atoms with van der Waals surface area (Å²) in [5.41, 5.74) is 8.26. The van der Waals surface area contributed by atoms with Crippen molar-refractivity contribution < 1.29 is 9.59 Å². The minimum absolute atomic E-state index is 0.0268. The van der Waals surface area contributed by atoms with Gasteiger partial charge in [-0.25, -0.2) is 0 Å². The van der Waals surface area contributed by atoms with E-state index in [1.165, 1.54) is 5.56 Å². The maximum Gasteiger partial charge on any atom is 0.242 e. The zero-order chi connectivity index (χ0) is 19.8. The molecule has 2 aromatic carbocycles. The standard InChI is InChI=1S/C22H28N4O2/c23-20(19-9-5-2-6-10-19)15-21(27)24-16-22(28)26-13-11-25(12-14-26)17-18-7-3-1-4-8-18/h1-10,20H,11-17,23H2,(H,24,27). The van der Waals surface area contributed by atoms with Gasteiger partial charge < -0.3 is 16.0 Å². The normalized spacial score (nSPS) is 15.8. The number of nitrogens with one attached hydrogen (secondary N) is 1. The zero-order valence-electron chi connectivity index (χ0n) is 16.1. The fraction of sp³-hybridized carbons (Fsp3) is 0.364. The molecule has 2 amide bonds. The Morgan fingerprint density at radius 3 is 2.18 bits per heavy atom. The predicted molar refractivity (Wildman–Crippen MR) is 109 cm³/mol. The summed E-state index contributed by atoms with van der Waals surface area (Å²) in [7, 11) is 0. The topological polar surface area (TPSA) is 78.7 Å². The Kier molecular flexibility index (Phi) is 7.17. The highest BCUT2D eigenvalue weighted by Crippen LogP contribution is 2.13. The van der Waals surface area contributed by atoms with Crippen LogP contribution in [0.5, 0.6) is 0 Å². The number of carbonyl (C=O) groups is 2. The molecule has 0 bridgehead atoms. The monoisotopic (exact) mass is 380 g/mol. The van der Waals surface area contributed by atoms with E-state index in [0.717, 1.165) is 25.2 Å². The van der Waals surface area contributed by atoms with Gasteiger partial charge in [0.1, 0.15) is 0 Å². The number of benzene rings is 2. The summed E-state index contributed by atoms with van der Waals surface area (Å²) in [6.45, 7) is 3.98. The van der Waals surface area contributed by atoms with Crippen LogP contribution in [0.15, 0.2) is 60.7 Å². The van der Waals surface area contributed by atoms with E-state index in [0.29, 0.717) is 13.1 Å². The number of carbonyl (C=O) groups excluding carboxylic acids is 2. The van der Waals surface area contributed by atoms with Crippen LogP contribution in [0.2, 0.25) is 0 Å². The molecule has 148 valence electrons. The smallest absolute Gasteiger partial charge is 0.242 e. The van der Waals surface area contributed by atoms with Gasteiger partial charge in [-0.3, -0.25) is 14.5 Å². The first-order valence-corrected chi connectivity index (χ1v) is 9.73. The Hall–Kier alpha value is -2.70. The third kappa shape index (κ3) is 5.90. The van der Waals surface area contributed by atoms with E-state index in [-0.39, 0.29) is 30.8 Å². The molecule has 6 nitrogen and oxygen atoms in total. The van der Waals surface area contributed by atoms with Gasteiger partial charge in [-0.2, -0.15) is 0 Å². The van der Waals surface area contributed by atoms with E-state index in [4.69, 9.17) is 5.73 Å². The molecule has 1 saturated heterocycles. The number of hydrogen-bond donors (Lipinski definition) is 2. The van der Waals surface area contributed by atoms with Gasteiger partial charge in [0.15, 0.2) is 0 Å². The molecule has 6 heteroatoms. The average Bonchev–Trinajstić information content (AvgIpc) is 2.74. The molecule has 0 spiro atoms. The van der Waals surface area contributed by atoms with Crippen molar-refractivity contribution in [2.45, 2.75) is 19.0 Å². The summed E-state index contributed by atoms with van der Waals surface area (Å²) in [6.07, 6.45) is 0.169. The highest BCUT2D eigenvalue weighted by atomic mass is 16.2. The van der Waals surface area contributed by atoms with Crippen LogP contribution in [0.25, 0.3) is 0 Å². The molecule has 1 fully saturated rings. The Morgan fingerprint density at radius 1 is 0.929 bits per heavy atom. The lowest BCUT2D eigenvalue weighted by Gasteiger charge is -2.34. The van der Waals surface area contributed by atoms with Crippen molar-refractivity contribution in [2.24, 2.45) is 5.73 Å². The van der Waals surface area contributed by atoms with E-state index >= 15 is 0 Å². The van der Waals surface area contributed by atoms with Gasteiger partial charge in [-0.15, -0.1) is 0 Å². The second-order valence-electron chi connectivity index (χ2n) is 7.14. The van der Waals surface area contributed by atoms with Crippen LogP contribution < -0.4 is 11.1 Å². The molecule has 3 N–H and O–H groups in total. The van der Waals surface area contributed by atoms with Crippen LogP contribution in [0.3, 0.4) is 0 Å². The summed E-state index contributed by atoms with van der Waals surface area (Å²) in [5.74, 6) is -0.242. The summed E-state index contributed by atoms with van der Waals surface area (Å²) >= 11 is 0. The predicted octanol–water partition coefficient (Wildman–Crippen LogP) is 1.54. The summed E-state index contributed by atoms with van der Waals surface area (Å²) < 4.78 is 0. The first-order chi connectivity index (χ1) is 13.6. The van der Waals surface area contributed by atoms with E-state index < -0.39 is 0 Å². The van der Waals surface area contributed by atoms with E-state index in [2.05, 4.69) is 22.3 Å². The van der Waals surface area contributed by atoms with Crippen molar-refractivity contribution in [1.82, 2.24) is 15.1 Å². The second kappa shape index (κ2) is 10.0. The van der Waals surface area contributed by atoms with Crippen molar-refractivity contribution in [3.63, 3.8) is 0 Å². The molecule has 1 aliphatic rings. The number of hydrogen-bond acceptors (Lipinski definition) is 4. The molecule has 1 atom stereocenters. The number of rotatable bonds is 7. The van der Waals surface area contributed by atoms with Gasteiger partial charge in [0, 0.05) is 45.2 Å². The summed E-state index contributed by atoms with van der Waals surface area (Å²) in [6, 6.07) is 19.5. The summed E-state index contributed by atoms with van der Waals surface area (Å²) in [4.78, 5) is 28.6. The first-order valence-electron chi connectivity index (χ1n) is 9.73. The molecular formula is C22H28N4O2. The molecule has 0 aromatic heterocycles. The first kappa shape index (κ1) is 20.0. The van der Waals surface area contributed by atoms with Crippen LogP contribution in [0.4, 0.5) is 0 Å². The van der Waals surface area contributed by atoms with Crippen LogP contribution in [-0.2, 0) is 16.1 Å².